The molecule has 0 radical (unpaired) electrons. The van der Waals surface area contributed by atoms with E-state index in [2.05, 4.69) is 36.9 Å². The third kappa shape index (κ3) is 3.09. The van der Waals surface area contributed by atoms with Crippen molar-refractivity contribution < 1.29 is 5.11 Å². The van der Waals surface area contributed by atoms with Crippen molar-refractivity contribution in [2.24, 2.45) is 0 Å². The highest BCUT2D eigenvalue weighted by Gasteiger charge is 2.09. The molecule has 19 heavy (non-hydrogen) atoms. The molecule has 100 valence electrons. The summed E-state index contributed by atoms with van der Waals surface area (Å²) >= 11 is 6.28. The number of nitrogens with zero attached hydrogens (tertiary/aromatic N) is 1. The van der Waals surface area contributed by atoms with Gasteiger partial charge in [0.25, 0.3) is 0 Å². The van der Waals surface area contributed by atoms with E-state index in [1.807, 2.05) is 19.2 Å². The molecule has 0 heterocycles. The van der Waals surface area contributed by atoms with Crippen molar-refractivity contribution in [3.63, 3.8) is 0 Å². The second-order valence-electron chi connectivity index (χ2n) is 4.85. The summed E-state index contributed by atoms with van der Waals surface area (Å²) in [5.41, 5.74) is 5.32. The monoisotopic (exact) mass is 275 g/mol. The van der Waals surface area contributed by atoms with Gasteiger partial charge in [-0.15, -0.1) is 0 Å². The van der Waals surface area contributed by atoms with Gasteiger partial charge in [0.1, 0.15) is 0 Å². The van der Waals surface area contributed by atoms with E-state index in [-0.39, 0.29) is 6.61 Å². The van der Waals surface area contributed by atoms with Crippen molar-refractivity contribution in [2.45, 2.75) is 20.5 Å². The van der Waals surface area contributed by atoms with Crippen LogP contribution in [-0.2, 0) is 6.61 Å². The fourth-order valence-electron chi connectivity index (χ4n) is 2.20. The standard InChI is InChI=1S/C16H18ClNO/c1-11-6-12(2)8-14(7-11)18(3)16-5-4-13(10-19)9-15(16)17/h4-9,19H,10H2,1-3H3. The minimum atomic E-state index is 0.00721. The fraction of sp³-hybridized carbons (Fsp3) is 0.250. The first-order valence-corrected chi connectivity index (χ1v) is 6.60. The van der Waals surface area contributed by atoms with Crippen molar-refractivity contribution in [3.05, 3.63) is 58.1 Å². The zero-order valence-corrected chi connectivity index (χ0v) is 12.2. The number of aliphatic hydroxyl groups is 1. The topological polar surface area (TPSA) is 23.5 Å². The third-order valence-corrected chi connectivity index (χ3v) is 3.45. The first-order valence-electron chi connectivity index (χ1n) is 6.22. The van der Waals surface area contributed by atoms with Gasteiger partial charge in [0, 0.05) is 12.7 Å². The van der Waals surface area contributed by atoms with Crippen LogP contribution in [0.4, 0.5) is 11.4 Å². The molecule has 1 N–H and O–H groups in total. The minimum Gasteiger partial charge on any atom is -0.392 e. The predicted molar refractivity (Wildman–Crippen MR) is 81.4 cm³/mol. The maximum absolute atomic E-state index is 9.11. The summed E-state index contributed by atoms with van der Waals surface area (Å²) in [7, 11) is 1.99. The number of aliphatic hydroxyl groups excluding tert-OH is 1. The van der Waals surface area contributed by atoms with Gasteiger partial charge in [-0.05, 0) is 54.8 Å². The van der Waals surface area contributed by atoms with Crippen LogP contribution < -0.4 is 4.90 Å². The maximum atomic E-state index is 9.11. The van der Waals surface area contributed by atoms with Gasteiger partial charge in [-0.2, -0.15) is 0 Å². The number of hydrogen-bond acceptors (Lipinski definition) is 2. The van der Waals surface area contributed by atoms with Gasteiger partial charge < -0.3 is 10.0 Å². The SMILES string of the molecule is Cc1cc(C)cc(N(C)c2ccc(CO)cc2Cl)c1. The van der Waals surface area contributed by atoms with E-state index in [0.717, 1.165) is 16.9 Å². The van der Waals surface area contributed by atoms with E-state index in [0.29, 0.717) is 5.02 Å². The predicted octanol–water partition coefficient (Wildman–Crippen LogP) is 4.22. The lowest BCUT2D eigenvalue weighted by Gasteiger charge is -2.22. The summed E-state index contributed by atoms with van der Waals surface area (Å²) in [6, 6.07) is 12.0. The summed E-state index contributed by atoms with van der Waals surface area (Å²) in [6.07, 6.45) is 0. The maximum Gasteiger partial charge on any atom is 0.0682 e. The highest BCUT2D eigenvalue weighted by Crippen LogP contribution is 2.32. The Hall–Kier alpha value is -1.51. The Balaban J connectivity index is 2.40. The van der Waals surface area contributed by atoms with Crippen LogP contribution >= 0.6 is 11.6 Å². The lowest BCUT2D eigenvalue weighted by Crippen LogP contribution is -2.10. The molecule has 0 saturated heterocycles. The third-order valence-electron chi connectivity index (χ3n) is 3.15. The molecule has 0 atom stereocenters. The zero-order valence-electron chi connectivity index (χ0n) is 11.4. The molecule has 0 spiro atoms. The Bertz CT molecular complexity index is 575. The first-order chi connectivity index (χ1) is 9.01. The smallest absolute Gasteiger partial charge is 0.0682 e. The molecule has 3 heteroatoms. The van der Waals surface area contributed by atoms with Crippen LogP contribution in [0.1, 0.15) is 16.7 Å². The molecule has 2 rings (SSSR count). The van der Waals surface area contributed by atoms with E-state index in [4.69, 9.17) is 16.7 Å². The first kappa shape index (κ1) is 13.9. The molecule has 0 bridgehead atoms. The average molecular weight is 276 g/mol. The summed E-state index contributed by atoms with van der Waals surface area (Å²) in [5.74, 6) is 0. The molecule has 2 aromatic carbocycles. The molecular formula is C16H18ClNO. The summed E-state index contributed by atoms with van der Waals surface area (Å²) in [5, 5.41) is 9.76. The van der Waals surface area contributed by atoms with Gasteiger partial charge in [-0.3, -0.25) is 0 Å². The molecule has 0 aliphatic carbocycles. The van der Waals surface area contributed by atoms with Crippen LogP contribution in [-0.4, -0.2) is 12.2 Å². The van der Waals surface area contributed by atoms with Crippen molar-refractivity contribution in [3.8, 4) is 0 Å². The molecule has 0 aliphatic heterocycles. The molecule has 0 amide bonds. The highest BCUT2D eigenvalue weighted by molar-refractivity contribution is 6.33. The van der Waals surface area contributed by atoms with Gasteiger partial charge >= 0.3 is 0 Å². The second kappa shape index (κ2) is 5.64. The van der Waals surface area contributed by atoms with E-state index < -0.39 is 0 Å². The van der Waals surface area contributed by atoms with E-state index >= 15 is 0 Å². The van der Waals surface area contributed by atoms with Crippen molar-refractivity contribution >= 4 is 23.0 Å². The van der Waals surface area contributed by atoms with Gasteiger partial charge in [0.15, 0.2) is 0 Å². The zero-order chi connectivity index (χ0) is 14.0. The molecule has 0 aliphatic rings. The number of halogens is 1. The van der Waals surface area contributed by atoms with Crippen molar-refractivity contribution in [1.29, 1.82) is 0 Å². The van der Waals surface area contributed by atoms with Crippen LogP contribution in [0.15, 0.2) is 36.4 Å². The van der Waals surface area contributed by atoms with E-state index in [1.54, 1.807) is 6.07 Å². The van der Waals surface area contributed by atoms with E-state index in [1.165, 1.54) is 11.1 Å². The van der Waals surface area contributed by atoms with Crippen LogP contribution in [0.3, 0.4) is 0 Å². The van der Waals surface area contributed by atoms with Gasteiger partial charge in [-0.25, -0.2) is 0 Å². The van der Waals surface area contributed by atoms with Gasteiger partial charge in [0.05, 0.1) is 17.3 Å². The Morgan fingerprint density at radius 2 is 1.68 bits per heavy atom. The molecule has 2 nitrogen and oxygen atoms in total. The Kier molecular flexibility index (Phi) is 4.13. The summed E-state index contributed by atoms with van der Waals surface area (Å²) < 4.78 is 0. The molecule has 0 aromatic heterocycles. The second-order valence-corrected chi connectivity index (χ2v) is 5.26. The highest BCUT2D eigenvalue weighted by atomic mass is 35.5. The van der Waals surface area contributed by atoms with Crippen LogP contribution in [0.2, 0.25) is 5.02 Å². The number of rotatable bonds is 3. The number of aryl methyl sites for hydroxylation is 2. The Labute approximate surface area is 119 Å². The molecular weight excluding hydrogens is 258 g/mol. The van der Waals surface area contributed by atoms with Crippen LogP contribution in [0, 0.1) is 13.8 Å². The number of anilines is 2. The summed E-state index contributed by atoms with van der Waals surface area (Å²) in [4.78, 5) is 2.06. The molecule has 0 unspecified atom stereocenters. The van der Waals surface area contributed by atoms with Gasteiger partial charge in [0.2, 0.25) is 0 Å². The average Bonchev–Trinajstić information content (AvgIpc) is 2.36. The molecule has 2 aromatic rings. The number of hydrogen-bond donors (Lipinski definition) is 1. The van der Waals surface area contributed by atoms with Crippen molar-refractivity contribution in [2.75, 3.05) is 11.9 Å². The Morgan fingerprint density at radius 1 is 1.05 bits per heavy atom. The Morgan fingerprint density at radius 3 is 2.21 bits per heavy atom. The van der Waals surface area contributed by atoms with Gasteiger partial charge in [-0.1, -0.05) is 23.7 Å². The van der Waals surface area contributed by atoms with E-state index in [9.17, 15) is 0 Å². The minimum absolute atomic E-state index is 0.00721. The van der Waals surface area contributed by atoms with Crippen LogP contribution in [0.5, 0.6) is 0 Å². The molecule has 0 saturated carbocycles. The summed E-state index contributed by atoms with van der Waals surface area (Å²) in [6.45, 7) is 4.18. The molecule has 0 fully saturated rings. The lowest BCUT2D eigenvalue weighted by molar-refractivity contribution is 0.282. The lowest BCUT2D eigenvalue weighted by atomic mass is 10.1. The van der Waals surface area contributed by atoms with Crippen LogP contribution in [0.25, 0.3) is 0 Å². The normalized spacial score (nSPS) is 10.6. The largest absolute Gasteiger partial charge is 0.392 e. The van der Waals surface area contributed by atoms with Crippen molar-refractivity contribution in [1.82, 2.24) is 0 Å². The quantitative estimate of drug-likeness (QED) is 0.907. The fourth-order valence-corrected chi connectivity index (χ4v) is 2.53. The number of benzene rings is 2.